The molecule has 2 heterocycles. The second-order valence-corrected chi connectivity index (χ2v) is 7.14. The predicted molar refractivity (Wildman–Crippen MR) is 118 cm³/mol. The van der Waals surface area contributed by atoms with Crippen molar-refractivity contribution in [2.45, 2.75) is 66.0 Å². The van der Waals surface area contributed by atoms with Gasteiger partial charge in [-0.25, -0.2) is 0 Å². The topological polar surface area (TPSA) is 65.7 Å². The van der Waals surface area contributed by atoms with Crippen LogP contribution >= 0.6 is 24.0 Å². The molecule has 2 atom stereocenters. The molecule has 2 N–H and O–H groups in total. The Labute approximate surface area is 175 Å². The van der Waals surface area contributed by atoms with Crippen LogP contribution in [-0.4, -0.2) is 48.7 Å². The number of aryl methyl sites for hydroxylation is 2. The number of piperidine rings is 1. The van der Waals surface area contributed by atoms with Crippen LogP contribution in [-0.2, 0) is 19.4 Å². The number of hydrogen-bond acceptors (Lipinski definition) is 4. The van der Waals surface area contributed by atoms with Crippen molar-refractivity contribution in [1.82, 2.24) is 20.7 Å². The van der Waals surface area contributed by atoms with Gasteiger partial charge in [-0.1, -0.05) is 25.9 Å². The minimum atomic E-state index is 0. The summed E-state index contributed by atoms with van der Waals surface area (Å²) in [6.45, 7) is 12.9. The zero-order valence-electron chi connectivity index (χ0n) is 17.0. The van der Waals surface area contributed by atoms with E-state index in [9.17, 15) is 0 Å². The molecule has 2 unspecified atom stereocenters. The Kier molecular flexibility index (Phi) is 10.5. The summed E-state index contributed by atoms with van der Waals surface area (Å²) in [5.74, 6) is 2.61. The van der Waals surface area contributed by atoms with Crippen LogP contribution < -0.4 is 10.6 Å². The molecular formula is C19H36IN5O. The fourth-order valence-electron chi connectivity index (χ4n) is 3.53. The van der Waals surface area contributed by atoms with E-state index >= 15 is 0 Å². The minimum absolute atomic E-state index is 0. The van der Waals surface area contributed by atoms with Gasteiger partial charge in [0.05, 0.1) is 5.69 Å². The van der Waals surface area contributed by atoms with E-state index in [0.29, 0.717) is 12.6 Å². The van der Waals surface area contributed by atoms with Crippen molar-refractivity contribution in [1.29, 1.82) is 0 Å². The van der Waals surface area contributed by atoms with Crippen molar-refractivity contribution in [3.63, 3.8) is 0 Å². The largest absolute Gasteiger partial charge is 0.361 e. The van der Waals surface area contributed by atoms with Gasteiger partial charge in [0.2, 0.25) is 0 Å². The van der Waals surface area contributed by atoms with Gasteiger partial charge in [-0.3, -0.25) is 9.89 Å². The Morgan fingerprint density at radius 3 is 2.73 bits per heavy atom. The third-order valence-corrected chi connectivity index (χ3v) is 5.14. The first kappa shape index (κ1) is 23.2. The van der Waals surface area contributed by atoms with Gasteiger partial charge in [-0.15, -0.1) is 24.0 Å². The number of hydrogen-bond donors (Lipinski definition) is 2. The zero-order valence-corrected chi connectivity index (χ0v) is 19.3. The molecule has 26 heavy (non-hydrogen) atoms. The van der Waals surface area contributed by atoms with Gasteiger partial charge in [0.15, 0.2) is 5.96 Å². The van der Waals surface area contributed by atoms with Crippen molar-refractivity contribution in [2.24, 2.45) is 10.9 Å². The average Bonchev–Trinajstić information content (AvgIpc) is 3.03. The SMILES string of the molecule is CCc1noc(CC)c1CNC(=NC)NCC(C)N1CCCC(C)C1.I. The van der Waals surface area contributed by atoms with Crippen LogP contribution in [0.2, 0.25) is 0 Å². The van der Waals surface area contributed by atoms with E-state index in [1.165, 1.54) is 31.5 Å². The number of likely N-dealkylation sites (tertiary alicyclic amines) is 1. The maximum Gasteiger partial charge on any atom is 0.191 e. The summed E-state index contributed by atoms with van der Waals surface area (Å²) in [4.78, 5) is 6.94. The molecule has 6 nitrogen and oxygen atoms in total. The van der Waals surface area contributed by atoms with Crippen LogP contribution in [0.1, 0.15) is 57.6 Å². The summed E-state index contributed by atoms with van der Waals surface area (Å²) in [6.07, 6.45) is 4.42. The molecule has 0 spiro atoms. The lowest BCUT2D eigenvalue weighted by molar-refractivity contribution is 0.139. The molecule has 0 saturated carbocycles. The molecular weight excluding hydrogens is 441 g/mol. The molecule has 0 radical (unpaired) electrons. The van der Waals surface area contributed by atoms with E-state index in [2.05, 4.69) is 53.4 Å². The minimum Gasteiger partial charge on any atom is -0.361 e. The summed E-state index contributed by atoms with van der Waals surface area (Å²) in [5, 5.41) is 11.0. The highest BCUT2D eigenvalue weighted by Gasteiger charge is 2.21. The zero-order chi connectivity index (χ0) is 18.2. The molecule has 0 aliphatic carbocycles. The first-order chi connectivity index (χ1) is 12.1. The van der Waals surface area contributed by atoms with E-state index < -0.39 is 0 Å². The molecule has 2 rings (SSSR count). The summed E-state index contributed by atoms with van der Waals surface area (Å²) in [5.41, 5.74) is 2.21. The highest BCUT2D eigenvalue weighted by molar-refractivity contribution is 14.0. The molecule has 1 saturated heterocycles. The molecule has 0 bridgehead atoms. The van der Waals surface area contributed by atoms with Gasteiger partial charge in [-0.2, -0.15) is 0 Å². The highest BCUT2D eigenvalue weighted by Crippen LogP contribution is 2.17. The van der Waals surface area contributed by atoms with E-state index in [4.69, 9.17) is 4.52 Å². The number of rotatable bonds is 7. The maximum atomic E-state index is 5.43. The van der Waals surface area contributed by atoms with Crippen molar-refractivity contribution >= 4 is 29.9 Å². The van der Waals surface area contributed by atoms with E-state index in [1.54, 1.807) is 0 Å². The molecule has 1 aliphatic heterocycles. The van der Waals surface area contributed by atoms with Crippen LogP contribution in [0.3, 0.4) is 0 Å². The van der Waals surface area contributed by atoms with Gasteiger partial charge in [0.25, 0.3) is 0 Å². The summed E-state index contributed by atoms with van der Waals surface area (Å²) in [7, 11) is 1.82. The van der Waals surface area contributed by atoms with Gasteiger partial charge in [0, 0.05) is 44.7 Å². The fraction of sp³-hybridized carbons (Fsp3) is 0.789. The Balaban J connectivity index is 0.00000338. The van der Waals surface area contributed by atoms with E-state index in [1.807, 2.05) is 7.05 Å². The number of aromatic nitrogens is 1. The third-order valence-electron chi connectivity index (χ3n) is 5.14. The van der Waals surface area contributed by atoms with Crippen LogP contribution in [0.4, 0.5) is 0 Å². The highest BCUT2D eigenvalue weighted by atomic mass is 127. The van der Waals surface area contributed by atoms with E-state index in [0.717, 1.165) is 42.7 Å². The fourth-order valence-corrected chi connectivity index (χ4v) is 3.53. The number of halogens is 1. The molecule has 1 aromatic rings. The van der Waals surface area contributed by atoms with Gasteiger partial charge >= 0.3 is 0 Å². The molecule has 150 valence electrons. The van der Waals surface area contributed by atoms with Crippen molar-refractivity contribution < 1.29 is 4.52 Å². The second kappa shape index (κ2) is 11.8. The Morgan fingerprint density at radius 1 is 1.35 bits per heavy atom. The van der Waals surface area contributed by atoms with Crippen LogP contribution in [0.25, 0.3) is 0 Å². The lowest BCUT2D eigenvalue weighted by Crippen LogP contribution is -2.48. The summed E-state index contributed by atoms with van der Waals surface area (Å²) < 4.78 is 5.43. The van der Waals surface area contributed by atoms with Gasteiger partial charge in [-0.05, 0) is 38.6 Å². The van der Waals surface area contributed by atoms with Gasteiger partial charge in [0.1, 0.15) is 5.76 Å². The standard InChI is InChI=1S/C19H35N5O.HI/c1-6-17-16(18(7-2)25-23-17)12-22-19(20-5)21-11-15(4)24-10-8-9-14(3)13-24;/h14-15H,6-13H2,1-5H3,(H2,20,21,22);1H. The van der Waals surface area contributed by atoms with E-state index in [-0.39, 0.29) is 24.0 Å². The first-order valence-corrected chi connectivity index (χ1v) is 9.73. The monoisotopic (exact) mass is 477 g/mol. The molecule has 7 heteroatoms. The quantitative estimate of drug-likeness (QED) is 0.359. The van der Waals surface area contributed by atoms with Crippen LogP contribution in [0, 0.1) is 5.92 Å². The predicted octanol–water partition coefficient (Wildman–Crippen LogP) is 3.20. The number of guanidine groups is 1. The second-order valence-electron chi connectivity index (χ2n) is 7.14. The van der Waals surface area contributed by atoms with Crippen molar-refractivity contribution in [3.05, 3.63) is 17.0 Å². The van der Waals surface area contributed by atoms with Crippen molar-refractivity contribution in [2.75, 3.05) is 26.7 Å². The average molecular weight is 477 g/mol. The summed E-state index contributed by atoms with van der Waals surface area (Å²) >= 11 is 0. The molecule has 1 fully saturated rings. The lowest BCUT2D eigenvalue weighted by Gasteiger charge is -2.35. The van der Waals surface area contributed by atoms with Crippen LogP contribution in [0.15, 0.2) is 9.52 Å². The lowest BCUT2D eigenvalue weighted by atomic mass is 9.99. The van der Waals surface area contributed by atoms with Crippen molar-refractivity contribution in [3.8, 4) is 0 Å². The number of nitrogens with one attached hydrogen (secondary N) is 2. The Hall–Kier alpha value is -0.830. The molecule has 0 aromatic carbocycles. The van der Waals surface area contributed by atoms with Crippen LogP contribution in [0.5, 0.6) is 0 Å². The Bertz CT molecular complexity index is 539. The van der Waals surface area contributed by atoms with Gasteiger partial charge < -0.3 is 15.2 Å². The smallest absolute Gasteiger partial charge is 0.191 e. The normalized spacial score (nSPS) is 19.7. The number of nitrogens with zero attached hydrogens (tertiary/aromatic N) is 3. The molecule has 0 amide bonds. The maximum absolute atomic E-state index is 5.43. The Morgan fingerprint density at radius 2 is 2.12 bits per heavy atom. The number of aliphatic imine (C=N–C) groups is 1. The molecule has 1 aromatic heterocycles. The third kappa shape index (κ3) is 6.40. The molecule has 1 aliphatic rings. The first-order valence-electron chi connectivity index (χ1n) is 9.73. The summed E-state index contributed by atoms with van der Waals surface area (Å²) in [6, 6.07) is 0.509.